The zero-order chi connectivity index (χ0) is 24.1. The average Bonchev–Trinajstić information content (AvgIpc) is 3.55. The van der Waals surface area contributed by atoms with Crippen molar-refractivity contribution in [2.45, 2.75) is 45.7 Å². The molecule has 2 aromatic carbocycles. The standard InChI is InChI=1S/C28H31FN2O2S/c1-3-14-30(28(33)25-16-24(25)22-7-5-4-6-8-22)19-27(32)31(18-26-20(2)13-15-34-26)17-21-9-11-23(29)12-10-21/h4-13,15,24-25H,3,14,16-19H2,1-2H3. The fourth-order valence-electron chi connectivity index (χ4n) is 4.35. The van der Waals surface area contributed by atoms with E-state index in [1.807, 2.05) is 43.5 Å². The Morgan fingerprint density at radius 3 is 2.38 bits per heavy atom. The van der Waals surface area contributed by atoms with Crippen molar-refractivity contribution in [1.29, 1.82) is 0 Å². The summed E-state index contributed by atoms with van der Waals surface area (Å²) in [5.74, 6) is -0.124. The van der Waals surface area contributed by atoms with Crippen molar-refractivity contribution in [3.05, 3.63) is 93.4 Å². The first-order chi connectivity index (χ1) is 16.5. The lowest BCUT2D eigenvalue weighted by atomic mass is 10.1. The number of hydrogen-bond acceptors (Lipinski definition) is 3. The summed E-state index contributed by atoms with van der Waals surface area (Å²) in [5.41, 5.74) is 3.20. The van der Waals surface area contributed by atoms with E-state index in [1.165, 1.54) is 17.7 Å². The van der Waals surface area contributed by atoms with Gasteiger partial charge in [-0.1, -0.05) is 49.4 Å². The molecule has 4 rings (SSSR count). The molecular weight excluding hydrogens is 447 g/mol. The van der Waals surface area contributed by atoms with Gasteiger partial charge in [0.05, 0.1) is 13.1 Å². The Labute approximate surface area is 205 Å². The Bertz CT molecular complexity index is 1110. The summed E-state index contributed by atoms with van der Waals surface area (Å²) in [7, 11) is 0. The molecule has 2 amide bonds. The fraction of sp³-hybridized carbons (Fsp3) is 0.357. The maximum absolute atomic E-state index is 13.5. The van der Waals surface area contributed by atoms with Gasteiger partial charge in [0.15, 0.2) is 0 Å². The lowest BCUT2D eigenvalue weighted by molar-refractivity contribution is -0.142. The third-order valence-electron chi connectivity index (χ3n) is 6.41. The number of rotatable bonds is 10. The predicted molar refractivity (Wildman–Crippen MR) is 134 cm³/mol. The Kier molecular flexibility index (Phi) is 7.78. The van der Waals surface area contributed by atoms with Crippen LogP contribution in [0.3, 0.4) is 0 Å². The van der Waals surface area contributed by atoms with Gasteiger partial charge in [-0.05, 0) is 66.0 Å². The van der Waals surface area contributed by atoms with Crippen molar-refractivity contribution in [3.8, 4) is 0 Å². The van der Waals surface area contributed by atoms with E-state index >= 15 is 0 Å². The minimum atomic E-state index is -0.298. The van der Waals surface area contributed by atoms with Gasteiger partial charge in [-0.2, -0.15) is 0 Å². The number of amides is 2. The monoisotopic (exact) mass is 478 g/mol. The summed E-state index contributed by atoms with van der Waals surface area (Å²) in [6, 6.07) is 18.4. The van der Waals surface area contributed by atoms with E-state index in [0.717, 1.165) is 28.8 Å². The van der Waals surface area contributed by atoms with Crippen molar-refractivity contribution in [2.24, 2.45) is 5.92 Å². The number of halogens is 1. The Morgan fingerprint density at radius 2 is 1.74 bits per heavy atom. The van der Waals surface area contributed by atoms with Crippen LogP contribution in [0, 0.1) is 18.7 Å². The van der Waals surface area contributed by atoms with Crippen molar-refractivity contribution in [2.75, 3.05) is 13.1 Å². The molecule has 1 saturated carbocycles. The van der Waals surface area contributed by atoms with Crippen LogP contribution in [0.2, 0.25) is 0 Å². The molecule has 0 saturated heterocycles. The van der Waals surface area contributed by atoms with Crippen LogP contribution in [0.25, 0.3) is 0 Å². The van der Waals surface area contributed by atoms with Crippen LogP contribution < -0.4 is 0 Å². The second-order valence-corrected chi connectivity index (χ2v) is 10.0. The summed E-state index contributed by atoms with van der Waals surface area (Å²) in [6.07, 6.45) is 1.63. The number of benzene rings is 2. The zero-order valence-electron chi connectivity index (χ0n) is 19.7. The van der Waals surface area contributed by atoms with Crippen molar-refractivity contribution < 1.29 is 14.0 Å². The summed E-state index contributed by atoms with van der Waals surface area (Å²) < 4.78 is 13.4. The first-order valence-corrected chi connectivity index (χ1v) is 12.7. The smallest absolute Gasteiger partial charge is 0.242 e. The first-order valence-electron chi connectivity index (χ1n) is 11.8. The van der Waals surface area contributed by atoms with Crippen LogP contribution in [-0.2, 0) is 22.7 Å². The number of carbonyl (C=O) groups excluding carboxylic acids is 2. The van der Waals surface area contributed by atoms with Gasteiger partial charge in [-0.15, -0.1) is 11.3 Å². The fourth-order valence-corrected chi connectivity index (χ4v) is 5.27. The van der Waals surface area contributed by atoms with Gasteiger partial charge in [0.2, 0.25) is 11.8 Å². The molecule has 34 heavy (non-hydrogen) atoms. The molecule has 2 atom stereocenters. The zero-order valence-corrected chi connectivity index (χ0v) is 20.6. The SMILES string of the molecule is CCCN(CC(=O)N(Cc1ccc(F)cc1)Cc1sccc1C)C(=O)C1CC1c1ccccc1. The molecule has 1 heterocycles. The molecule has 0 N–H and O–H groups in total. The van der Waals surface area contributed by atoms with Crippen LogP contribution in [-0.4, -0.2) is 34.7 Å². The third kappa shape index (κ3) is 5.92. The predicted octanol–water partition coefficient (Wildman–Crippen LogP) is 5.77. The van der Waals surface area contributed by atoms with Gasteiger partial charge in [0.25, 0.3) is 0 Å². The normalized spacial score (nSPS) is 16.8. The van der Waals surface area contributed by atoms with Gasteiger partial charge >= 0.3 is 0 Å². The summed E-state index contributed by atoms with van der Waals surface area (Å²) >= 11 is 1.62. The van der Waals surface area contributed by atoms with E-state index in [9.17, 15) is 14.0 Å². The molecule has 3 aromatic rings. The van der Waals surface area contributed by atoms with E-state index in [1.54, 1.807) is 33.3 Å². The van der Waals surface area contributed by atoms with Crippen LogP contribution in [0.5, 0.6) is 0 Å². The van der Waals surface area contributed by atoms with Gasteiger partial charge < -0.3 is 9.80 Å². The number of hydrogen-bond donors (Lipinski definition) is 0. The van der Waals surface area contributed by atoms with Crippen molar-refractivity contribution >= 4 is 23.2 Å². The van der Waals surface area contributed by atoms with Crippen molar-refractivity contribution in [3.63, 3.8) is 0 Å². The van der Waals surface area contributed by atoms with Gasteiger partial charge in [0.1, 0.15) is 5.82 Å². The van der Waals surface area contributed by atoms with E-state index in [2.05, 4.69) is 12.1 Å². The second-order valence-electron chi connectivity index (χ2n) is 9.02. The summed E-state index contributed by atoms with van der Waals surface area (Å²) in [5, 5.41) is 2.02. The third-order valence-corrected chi connectivity index (χ3v) is 7.42. The lowest BCUT2D eigenvalue weighted by Gasteiger charge is -2.28. The highest BCUT2D eigenvalue weighted by atomic mass is 32.1. The number of aryl methyl sites for hydroxylation is 1. The molecule has 0 radical (unpaired) electrons. The highest BCUT2D eigenvalue weighted by molar-refractivity contribution is 7.10. The minimum absolute atomic E-state index is 0.0492. The Balaban J connectivity index is 1.47. The van der Waals surface area contributed by atoms with Crippen LogP contribution >= 0.6 is 11.3 Å². The van der Waals surface area contributed by atoms with E-state index in [0.29, 0.717) is 19.6 Å². The molecule has 2 unspecified atom stereocenters. The Hall–Kier alpha value is -2.99. The van der Waals surface area contributed by atoms with Crippen molar-refractivity contribution in [1.82, 2.24) is 9.80 Å². The molecular formula is C28H31FN2O2S. The van der Waals surface area contributed by atoms with E-state index in [-0.39, 0.29) is 36.0 Å². The largest absolute Gasteiger partial charge is 0.333 e. The Morgan fingerprint density at radius 1 is 1.00 bits per heavy atom. The maximum Gasteiger partial charge on any atom is 0.242 e. The molecule has 0 bridgehead atoms. The van der Waals surface area contributed by atoms with Gasteiger partial charge in [0, 0.05) is 23.9 Å². The summed E-state index contributed by atoms with van der Waals surface area (Å²) in [6.45, 7) is 5.54. The molecule has 1 fully saturated rings. The highest BCUT2D eigenvalue weighted by Gasteiger charge is 2.45. The summed E-state index contributed by atoms with van der Waals surface area (Å²) in [4.78, 5) is 31.5. The molecule has 1 aliphatic carbocycles. The molecule has 0 aliphatic heterocycles. The number of thiophene rings is 1. The molecule has 0 spiro atoms. The topological polar surface area (TPSA) is 40.6 Å². The minimum Gasteiger partial charge on any atom is -0.333 e. The van der Waals surface area contributed by atoms with Crippen LogP contribution in [0.1, 0.15) is 47.3 Å². The molecule has 1 aromatic heterocycles. The number of nitrogens with zero attached hydrogens (tertiary/aromatic N) is 2. The van der Waals surface area contributed by atoms with Gasteiger partial charge in [-0.25, -0.2) is 4.39 Å². The van der Waals surface area contributed by atoms with Crippen LogP contribution in [0.15, 0.2) is 66.0 Å². The molecule has 1 aliphatic rings. The lowest BCUT2D eigenvalue weighted by Crippen LogP contribution is -2.43. The van der Waals surface area contributed by atoms with E-state index < -0.39 is 0 Å². The molecule has 178 valence electrons. The van der Waals surface area contributed by atoms with Crippen LogP contribution in [0.4, 0.5) is 4.39 Å². The molecule has 4 nitrogen and oxygen atoms in total. The first kappa shape index (κ1) is 24.1. The van der Waals surface area contributed by atoms with Gasteiger partial charge in [-0.3, -0.25) is 9.59 Å². The quantitative estimate of drug-likeness (QED) is 0.371. The highest BCUT2D eigenvalue weighted by Crippen LogP contribution is 2.48. The second kappa shape index (κ2) is 11.0. The molecule has 6 heteroatoms. The number of carbonyl (C=O) groups is 2. The maximum atomic E-state index is 13.5. The van der Waals surface area contributed by atoms with E-state index in [4.69, 9.17) is 0 Å². The average molecular weight is 479 g/mol.